The number of piperidine rings is 1. The molecule has 0 bridgehead atoms. The monoisotopic (exact) mass is 427 g/mol. The van der Waals surface area contributed by atoms with E-state index >= 15 is 0 Å². The number of amides is 3. The first-order chi connectivity index (χ1) is 14.5. The van der Waals surface area contributed by atoms with Gasteiger partial charge in [0.2, 0.25) is 5.91 Å². The number of urea groups is 1. The number of anilines is 1. The van der Waals surface area contributed by atoms with Gasteiger partial charge in [0.15, 0.2) is 0 Å². The third kappa shape index (κ3) is 4.54. The molecule has 2 heterocycles. The van der Waals surface area contributed by atoms with Crippen LogP contribution in [0.15, 0.2) is 42.5 Å². The molecule has 158 valence electrons. The van der Waals surface area contributed by atoms with Crippen molar-refractivity contribution in [2.45, 2.75) is 26.3 Å². The first-order valence-corrected chi connectivity index (χ1v) is 10.7. The van der Waals surface area contributed by atoms with E-state index in [1.807, 2.05) is 36.1 Å². The normalized spacial score (nSPS) is 16.6. The van der Waals surface area contributed by atoms with Gasteiger partial charge in [0.25, 0.3) is 0 Å². The zero-order chi connectivity index (χ0) is 21.1. The molecule has 0 unspecified atom stereocenters. The van der Waals surface area contributed by atoms with E-state index in [1.54, 1.807) is 23.1 Å². The predicted molar refractivity (Wildman–Crippen MR) is 117 cm³/mol. The Bertz CT molecular complexity index is 924. The number of carbonyl (C=O) groups excluding carboxylic acids is 2. The second-order valence-corrected chi connectivity index (χ2v) is 8.30. The lowest BCUT2D eigenvalue weighted by atomic mass is 9.96. The van der Waals surface area contributed by atoms with Crippen molar-refractivity contribution in [1.29, 1.82) is 0 Å². The Hall–Kier alpha value is -2.73. The SMILES string of the molecule is Cc1ccc(CNC(=O)C2CCN(C(=O)N3CCOc4ccc(Cl)cc43)CC2)cc1. The number of likely N-dealkylation sites (tertiary alicyclic amines) is 1. The largest absolute Gasteiger partial charge is 0.490 e. The van der Waals surface area contributed by atoms with Gasteiger partial charge in [-0.15, -0.1) is 0 Å². The van der Waals surface area contributed by atoms with Crippen LogP contribution in [0.4, 0.5) is 10.5 Å². The van der Waals surface area contributed by atoms with Gasteiger partial charge in [0, 0.05) is 30.6 Å². The van der Waals surface area contributed by atoms with Crippen molar-refractivity contribution >= 4 is 29.2 Å². The molecule has 4 rings (SSSR count). The van der Waals surface area contributed by atoms with Crippen LogP contribution in [0.5, 0.6) is 5.75 Å². The van der Waals surface area contributed by atoms with Crippen LogP contribution in [0.3, 0.4) is 0 Å². The minimum Gasteiger partial charge on any atom is -0.490 e. The van der Waals surface area contributed by atoms with E-state index in [4.69, 9.17) is 16.3 Å². The molecule has 2 aliphatic rings. The van der Waals surface area contributed by atoms with Crippen molar-refractivity contribution in [2.24, 2.45) is 5.92 Å². The maximum Gasteiger partial charge on any atom is 0.324 e. The van der Waals surface area contributed by atoms with Gasteiger partial charge in [-0.25, -0.2) is 4.79 Å². The number of benzene rings is 2. The molecular weight excluding hydrogens is 402 g/mol. The van der Waals surface area contributed by atoms with Crippen molar-refractivity contribution in [3.63, 3.8) is 0 Å². The minimum absolute atomic E-state index is 0.0552. The molecule has 1 fully saturated rings. The van der Waals surface area contributed by atoms with Gasteiger partial charge >= 0.3 is 6.03 Å². The Morgan fingerprint density at radius 1 is 1.10 bits per heavy atom. The summed E-state index contributed by atoms with van der Waals surface area (Å²) in [5.74, 6) is 0.668. The molecule has 3 amide bonds. The molecular formula is C23H26ClN3O3. The standard InChI is InChI=1S/C23H26ClN3O3/c1-16-2-4-17(5-3-16)15-25-22(28)18-8-10-26(11-9-18)23(29)27-12-13-30-21-7-6-19(24)14-20(21)27/h2-7,14,18H,8-13,15H2,1H3,(H,25,28). The number of nitrogens with zero attached hydrogens (tertiary/aromatic N) is 2. The number of halogens is 1. The first-order valence-electron chi connectivity index (χ1n) is 10.3. The molecule has 0 radical (unpaired) electrons. The summed E-state index contributed by atoms with van der Waals surface area (Å²) >= 11 is 6.12. The number of ether oxygens (including phenoxy) is 1. The number of hydrogen-bond acceptors (Lipinski definition) is 3. The van der Waals surface area contributed by atoms with E-state index in [0.29, 0.717) is 62.1 Å². The van der Waals surface area contributed by atoms with Crippen LogP contribution in [-0.2, 0) is 11.3 Å². The summed E-state index contributed by atoms with van der Waals surface area (Å²) in [4.78, 5) is 29.2. The second kappa shape index (κ2) is 8.96. The van der Waals surface area contributed by atoms with Crippen LogP contribution in [-0.4, -0.2) is 43.1 Å². The summed E-state index contributed by atoms with van der Waals surface area (Å²) in [6.45, 7) is 4.65. The van der Waals surface area contributed by atoms with Gasteiger partial charge in [-0.05, 0) is 43.5 Å². The van der Waals surface area contributed by atoms with Gasteiger partial charge in [0.1, 0.15) is 12.4 Å². The minimum atomic E-state index is -0.0640. The molecule has 2 aromatic carbocycles. The third-order valence-corrected chi connectivity index (χ3v) is 5.97. The number of rotatable bonds is 3. The van der Waals surface area contributed by atoms with Crippen molar-refractivity contribution in [3.8, 4) is 5.75 Å². The van der Waals surface area contributed by atoms with E-state index in [1.165, 1.54) is 5.56 Å². The molecule has 2 aromatic rings. The molecule has 1 N–H and O–H groups in total. The van der Waals surface area contributed by atoms with E-state index in [9.17, 15) is 9.59 Å². The quantitative estimate of drug-likeness (QED) is 0.805. The van der Waals surface area contributed by atoms with Gasteiger partial charge in [-0.3, -0.25) is 9.69 Å². The summed E-state index contributed by atoms with van der Waals surface area (Å²) in [6, 6.07) is 13.4. The number of aryl methyl sites for hydroxylation is 1. The number of hydrogen-bond donors (Lipinski definition) is 1. The predicted octanol–water partition coefficient (Wildman–Crippen LogP) is 4.00. The molecule has 0 atom stereocenters. The maximum absolute atomic E-state index is 13.1. The molecule has 0 aromatic heterocycles. The van der Waals surface area contributed by atoms with Gasteiger partial charge in [-0.2, -0.15) is 0 Å². The van der Waals surface area contributed by atoms with Crippen molar-refractivity contribution < 1.29 is 14.3 Å². The maximum atomic E-state index is 13.1. The summed E-state index contributed by atoms with van der Waals surface area (Å²) in [5.41, 5.74) is 3.00. The fourth-order valence-electron chi connectivity index (χ4n) is 3.93. The van der Waals surface area contributed by atoms with E-state index < -0.39 is 0 Å². The number of fused-ring (bicyclic) bond motifs is 1. The van der Waals surface area contributed by atoms with Gasteiger partial charge in [-0.1, -0.05) is 41.4 Å². The average Bonchev–Trinajstić information content (AvgIpc) is 2.77. The zero-order valence-electron chi connectivity index (χ0n) is 17.1. The van der Waals surface area contributed by atoms with Crippen molar-refractivity contribution in [1.82, 2.24) is 10.2 Å². The fourth-order valence-corrected chi connectivity index (χ4v) is 4.10. The third-order valence-electron chi connectivity index (χ3n) is 5.74. The van der Waals surface area contributed by atoms with Gasteiger partial charge in [0.05, 0.1) is 12.2 Å². The van der Waals surface area contributed by atoms with Crippen LogP contribution < -0.4 is 15.0 Å². The molecule has 1 saturated heterocycles. The Morgan fingerprint density at radius 2 is 1.83 bits per heavy atom. The Balaban J connectivity index is 1.31. The van der Waals surface area contributed by atoms with Crippen LogP contribution in [0, 0.1) is 12.8 Å². The lowest BCUT2D eigenvalue weighted by molar-refractivity contribution is -0.126. The Morgan fingerprint density at radius 3 is 2.57 bits per heavy atom. The fraction of sp³-hybridized carbons (Fsp3) is 0.391. The van der Waals surface area contributed by atoms with Crippen molar-refractivity contribution in [3.05, 3.63) is 58.6 Å². The highest BCUT2D eigenvalue weighted by atomic mass is 35.5. The van der Waals surface area contributed by atoms with Crippen LogP contribution in [0.1, 0.15) is 24.0 Å². The lowest BCUT2D eigenvalue weighted by Crippen LogP contribution is -2.50. The first kappa shape index (κ1) is 20.5. The highest BCUT2D eigenvalue weighted by Gasteiger charge is 2.32. The molecule has 7 heteroatoms. The highest BCUT2D eigenvalue weighted by Crippen LogP contribution is 2.35. The summed E-state index contributed by atoms with van der Waals surface area (Å²) < 4.78 is 5.64. The summed E-state index contributed by atoms with van der Waals surface area (Å²) in [7, 11) is 0. The number of carbonyl (C=O) groups is 2. The molecule has 0 saturated carbocycles. The molecule has 0 spiro atoms. The highest BCUT2D eigenvalue weighted by molar-refractivity contribution is 6.31. The summed E-state index contributed by atoms with van der Waals surface area (Å²) in [5, 5.41) is 3.60. The molecule has 0 aliphatic carbocycles. The average molecular weight is 428 g/mol. The zero-order valence-corrected chi connectivity index (χ0v) is 17.8. The van der Waals surface area contributed by atoms with Crippen LogP contribution in [0.2, 0.25) is 5.02 Å². The number of nitrogens with one attached hydrogen (secondary N) is 1. The molecule has 2 aliphatic heterocycles. The van der Waals surface area contributed by atoms with Gasteiger partial charge < -0.3 is 15.0 Å². The van der Waals surface area contributed by atoms with Crippen LogP contribution in [0.25, 0.3) is 0 Å². The molecule has 30 heavy (non-hydrogen) atoms. The second-order valence-electron chi connectivity index (χ2n) is 7.86. The smallest absolute Gasteiger partial charge is 0.324 e. The van der Waals surface area contributed by atoms with Crippen LogP contribution >= 0.6 is 11.6 Å². The topological polar surface area (TPSA) is 61.9 Å². The lowest BCUT2D eigenvalue weighted by Gasteiger charge is -2.37. The van der Waals surface area contributed by atoms with Crippen molar-refractivity contribution in [2.75, 3.05) is 31.1 Å². The molecule has 6 nitrogen and oxygen atoms in total. The Labute approximate surface area is 181 Å². The Kier molecular flexibility index (Phi) is 6.13. The van der Waals surface area contributed by atoms with E-state index in [0.717, 1.165) is 5.56 Å². The van der Waals surface area contributed by atoms with E-state index in [2.05, 4.69) is 5.32 Å². The van der Waals surface area contributed by atoms with E-state index in [-0.39, 0.29) is 17.9 Å². The summed E-state index contributed by atoms with van der Waals surface area (Å²) in [6.07, 6.45) is 1.33.